The van der Waals surface area contributed by atoms with E-state index >= 15 is 0 Å². The van der Waals surface area contributed by atoms with Gasteiger partial charge >= 0.3 is 0 Å². The number of rotatable bonds is 10. The average molecular weight is 462 g/mol. The molecule has 0 aliphatic heterocycles. The molecule has 0 aromatic heterocycles. The normalized spacial score (nSPS) is 13.6. The van der Waals surface area contributed by atoms with E-state index in [1.165, 1.54) is 22.9 Å². The molecule has 1 N–H and O–H groups in total. The van der Waals surface area contributed by atoms with Crippen molar-refractivity contribution < 1.29 is 9.90 Å². The molecule has 0 aliphatic rings. The predicted molar refractivity (Wildman–Crippen MR) is 139 cm³/mol. The molecule has 0 bridgehead atoms. The standard InChI is InChI=1S/C29H35NO2S/c1-29(2,3)33-28(32)20-27(31)26(19-23-13-7-4-8-14-23)30(21-24-15-9-5-10-16-24)22-25-17-11-6-12-18-25/h4-18,26-27,31H,19-22H2,1-3H3/t26-,27-/m0/s1. The number of hydrogen-bond donors (Lipinski definition) is 1. The van der Waals surface area contributed by atoms with Gasteiger partial charge in [-0.2, -0.15) is 0 Å². The molecule has 3 aromatic carbocycles. The minimum Gasteiger partial charge on any atom is -0.391 e. The number of carbonyl (C=O) groups excluding carboxylic acids is 1. The lowest BCUT2D eigenvalue weighted by atomic mass is 9.96. The Labute approximate surface area is 202 Å². The summed E-state index contributed by atoms with van der Waals surface area (Å²) in [5, 5.41) is 11.4. The minimum absolute atomic E-state index is 0.0347. The van der Waals surface area contributed by atoms with Crippen LogP contribution in [0.25, 0.3) is 0 Å². The Bertz CT molecular complexity index is 929. The van der Waals surface area contributed by atoms with Gasteiger partial charge < -0.3 is 5.11 Å². The number of thioether (sulfide) groups is 1. The zero-order chi connectivity index (χ0) is 23.7. The van der Waals surface area contributed by atoms with E-state index in [-0.39, 0.29) is 22.3 Å². The molecule has 4 heteroatoms. The summed E-state index contributed by atoms with van der Waals surface area (Å²) in [6.45, 7) is 7.48. The summed E-state index contributed by atoms with van der Waals surface area (Å²) < 4.78 is -0.167. The molecule has 0 saturated heterocycles. The monoisotopic (exact) mass is 461 g/mol. The molecule has 174 valence electrons. The Morgan fingerprint density at radius 3 is 1.64 bits per heavy atom. The number of carbonyl (C=O) groups is 1. The van der Waals surface area contributed by atoms with Crippen molar-refractivity contribution in [1.82, 2.24) is 4.90 Å². The van der Waals surface area contributed by atoms with Crippen molar-refractivity contribution in [2.75, 3.05) is 0 Å². The van der Waals surface area contributed by atoms with Gasteiger partial charge in [-0.1, -0.05) is 124 Å². The summed E-state index contributed by atoms with van der Waals surface area (Å²) in [5.74, 6) is 0. The molecule has 0 radical (unpaired) electrons. The smallest absolute Gasteiger partial charge is 0.192 e. The summed E-state index contributed by atoms with van der Waals surface area (Å²) in [6, 6.07) is 30.7. The van der Waals surface area contributed by atoms with E-state index in [4.69, 9.17) is 0 Å². The van der Waals surface area contributed by atoms with Crippen molar-refractivity contribution in [2.45, 2.75) is 63.6 Å². The molecule has 0 fully saturated rings. The second-order valence-corrected chi connectivity index (χ2v) is 11.4. The van der Waals surface area contributed by atoms with Crippen LogP contribution in [0.2, 0.25) is 0 Å². The van der Waals surface area contributed by atoms with Crippen LogP contribution in [0.15, 0.2) is 91.0 Å². The van der Waals surface area contributed by atoms with Crippen LogP contribution in [0.1, 0.15) is 43.9 Å². The number of aliphatic hydroxyl groups is 1. The van der Waals surface area contributed by atoms with E-state index in [2.05, 4.69) is 41.3 Å². The van der Waals surface area contributed by atoms with Crippen molar-refractivity contribution in [1.29, 1.82) is 0 Å². The number of benzene rings is 3. The number of aliphatic hydroxyl groups excluding tert-OH is 1. The van der Waals surface area contributed by atoms with Crippen LogP contribution < -0.4 is 0 Å². The maximum atomic E-state index is 12.7. The number of nitrogens with zero attached hydrogens (tertiary/aromatic N) is 1. The molecule has 3 aromatic rings. The van der Waals surface area contributed by atoms with Gasteiger partial charge in [0.2, 0.25) is 0 Å². The second kappa shape index (κ2) is 12.2. The summed E-state index contributed by atoms with van der Waals surface area (Å²) >= 11 is 1.31. The first-order valence-electron chi connectivity index (χ1n) is 11.6. The van der Waals surface area contributed by atoms with Gasteiger partial charge in [-0.15, -0.1) is 0 Å². The molecular formula is C29H35NO2S. The maximum absolute atomic E-state index is 12.7. The summed E-state index contributed by atoms with van der Waals surface area (Å²) in [6.07, 6.45) is 0.0502. The zero-order valence-corrected chi connectivity index (χ0v) is 20.7. The molecule has 0 aliphatic carbocycles. The highest BCUT2D eigenvalue weighted by Gasteiger charge is 2.30. The fraction of sp³-hybridized carbons (Fsp3) is 0.345. The quantitative estimate of drug-likeness (QED) is 0.395. The maximum Gasteiger partial charge on any atom is 0.192 e. The van der Waals surface area contributed by atoms with E-state index in [9.17, 15) is 9.90 Å². The van der Waals surface area contributed by atoms with Gasteiger partial charge in [0.15, 0.2) is 5.12 Å². The molecule has 0 unspecified atom stereocenters. The van der Waals surface area contributed by atoms with Crippen LogP contribution in [0, 0.1) is 0 Å². The van der Waals surface area contributed by atoms with E-state index < -0.39 is 6.10 Å². The third kappa shape index (κ3) is 8.81. The van der Waals surface area contributed by atoms with Gasteiger partial charge in [-0.25, -0.2) is 0 Å². The Balaban J connectivity index is 1.89. The van der Waals surface area contributed by atoms with Crippen molar-refractivity contribution in [2.24, 2.45) is 0 Å². The summed E-state index contributed by atoms with van der Waals surface area (Å²) in [4.78, 5) is 15.1. The van der Waals surface area contributed by atoms with E-state index in [0.29, 0.717) is 19.5 Å². The molecule has 3 rings (SSSR count). The minimum atomic E-state index is -0.764. The van der Waals surface area contributed by atoms with Gasteiger partial charge in [-0.3, -0.25) is 9.69 Å². The van der Waals surface area contributed by atoms with Gasteiger partial charge in [0.25, 0.3) is 0 Å². The highest BCUT2D eigenvalue weighted by molar-refractivity contribution is 8.14. The molecule has 0 heterocycles. The highest BCUT2D eigenvalue weighted by atomic mass is 32.2. The molecule has 3 nitrogen and oxygen atoms in total. The van der Waals surface area contributed by atoms with Crippen molar-refractivity contribution in [3.63, 3.8) is 0 Å². The van der Waals surface area contributed by atoms with Crippen molar-refractivity contribution in [3.05, 3.63) is 108 Å². The topological polar surface area (TPSA) is 40.5 Å². The van der Waals surface area contributed by atoms with Crippen LogP contribution >= 0.6 is 11.8 Å². The van der Waals surface area contributed by atoms with Crippen LogP contribution in [0.5, 0.6) is 0 Å². The Morgan fingerprint density at radius 2 is 1.21 bits per heavy atom. The summed E-state index contributed by atoms with van der Waals surface area (Å²) in [7, 11) is 0. The Morgan fingerprint density at radius 1 is 0.788 bits per heavy atom. The zero-order valence-electron chi connectivity index (χ0n) is 19.9. The second-order valence-electron chi connectivity index (χ2n) is 9.49. The largest absolute Gasteiger partial charge is 0.391 e. The Kier molecular flexibility index (Phi) is 9.30. The van der Waals surface area contributed by atoms with Crippen LogP contribution in [0.3, 0.4) is 0 Å². The Hall–Kier alpha value is -2.40. The molecule has 0 spiro atoms. The first kappa shape index (κ1) is 25.2. The third-order valence-electron chi connectivity index (χ3n) is 5.45. The van der Waals surface area contributed by atoms with Gasteiger partial charge in [0.05, 0.1) is 6.10 Å². The van der Waals surface area contributed by atoms with Crippen LogP contribution in [-0.2, 0) is 24.3 Å². The van der Waals surface area contributed by atoms with Crippen molar-refractivity contribution in [3.8, 4) is 0 Å². The first-order valence-corrected chi connectivity index (χ1v) is 12.4. The van der Waals surface area contributed by atoms with Crippen LogP contribution in [-0.4, -0.2) is 32.0 Å². The predicted octanol–water partition coefficient (Wildman–Crippen LogP) is 6.11. The van der Waals surface area contributed by atoms with E-state index in [0.717, 1.165) is 5.56 Å². The fourth-order valence-electron chi connectivity index (χ4n) is 3.98. The lowest BCUT2D eigenvalue weighted by molar-refractivity contribution is -0.113. The molecule has 0 saturated carbocycles. The van der Waals surface area contributed by atoms with Gasteiger partial charge in [0.1, 0.15) is 0 Å². The molecule has 0 amide bonds. The van der Waals surface area contributed by atoms with Gasteiger partial charge in [-0.05, 0) is 23.1 Å². The molecular weight excluding hydrogens is 426 g/mol. The van der Waals surface area contributed by atoms with E-state index in [1.54, 1.807) is 0 Å². The average Bonchev–Trinajstić information content (AvgIpc) is 2.78. The lowest BCUT2D eigenvalue weighted by Crippen LogP contribution is -2.45. The highest BCUT2D eigenvalue weighted by Crippen LogP contribution is 2.28. The lowest BCUT2D eigenvalue weighted by Gasteiger charge is -2.35. The first-order chi connectivity index (χ1) is 15.8. The van der Waals surface area contributed by atoms with Gasteiger partial charge in [0, 0.05) is 30.3 Å². The summed E-state index contributed by atoms with van der Waals surface area (Å²) in [5.41, 5.74) is 3.53. The van der Waals surface area contributed by atoms with Crippen LogP contribution in [0.4, 0.5) is 0 Å². The number of hydrogen-bond acceptors (Lipinski definition) is 4. The van der Waals surface area contributed by atoms with E-state index in [1.807, 2.05) is 75.4 Å². The molecule has 2 atom stereocenters. The third-order valence-corrected chi connectivity index (χ3v) is 6.46. The van der Waals surface area contributed by atoms with Crippen molar-refractivity contribution >= 4 is 16.9 Å². The SMILES string of the molecule is CC(C)(C)SC(=O)C[C@H](O)[C@H](Cc1ccccc1)N(Cc1ccccc1)Cc1ccccc1. The fourth-order valence-corrected chi connectivity index (χ4v) is 4.92. The molecule has 33 heavy (non-hydrogen) atoms.